The van der Waals surface area contributed by atoms with Crippen molar-refractivity contribution in [1.29, 1.82) is 0 Å². The van der Waals surface area contributed by atoms with Crippen molar-refractivity contribution in [2.45, 2.75) is 39.1 Å². The molecule has 0 aliphatic carbocycles. The minimum absolute atomic E-state index is 0.0264. The molecule has 1 aromatic carbocycles. The van der Waals surface area contributed by atoms with E-state index in [9.17, 15) is 22.8 Å². The Kier molecular flexibility index (Phi) is 6.61. The van der Waals surface area contributed by atoms with Crippen molar-refractivity contribution in [3.63, 3.8) is 0 Å². The van der Waals surface area contributed by atoms with Gasteiger partial charge in [-0.1, -0.05) is 12.1 Å². The van der Waals surface area contributed by atoms with Crippen LogP contribution >= 0.6 is 0 Å². The summed E-state index contributed by atoms with van der Waals surface area (Å²) in [5.41, 5.74) is -0.637. The molecule has 1 atom stereocenters. The molecule has 0 unspecified atom stereocenters. The lowest BCUT2D eigenvalue weighted by Crippen LogP contribution is -2.30. The number of anilines is 1. The van der Waals surface area contributed by atoms with E-state index in [0.29, 0.717) is 5.82 Å². The highest BCUT2D eigenvalue weighted by atomic mass is 19.4. The number of aromatic nitrogens is 2. The molecule has 0 fully saturated rings. The maximum absolute atomic E-state index is 12.7. The number of halogens is 3. The smallest absolute Gasteiger partial charge is 0.416 e. The van der Waals surface area contributed by atoms with Gasteiger partial charge in [0.15, 0.2) is 6.10 Å². The van der Waals surface area contributed by atoms with Gasteiger partial charge >= 0.3 is 12.1 Å². The van der Waals surface area contributed by atoms with E-state index in [-0.39, 0.29) is 11.6 Å². The van der Waals surface area contributed by atoms with Crippen LogP contribution in [0.1, 0.15) is 37.9 Å². The normalized spacial score (nSPS) is 13.0. The Labute approximate surface area is 160 Å². The summed E-state index contributed by atoms with van der Waals surface area (Å²) >= 11 is 0. The number of amides is 1. The number of carbonyl (C=O) groups is 2. The molecule has 0 saturated heterocycles. The maximum Gasteiger partial charge on any atom is 0.416 e. The number of ether oxygens (including phenoxy) is 1. The summed E-state index contributed by atoms with van der Waals surface area (Å²) in [6.07, 6.45) is -1.88. The molecule has 6 nitrogen and oxygen atoms in total. The number of hydrogen-bond donors (Lipinski definition) is 1. The van der Waals surface area contributed by atoms with Crippen molar-refractivity contribution in [3.05, 3.63) is 53.7 Å². The number of benzene rings is 1. The number of esters is 1. The molecule has 0 bridgehead atoms. The van der Waals surface area contributed by atoms with Crippen LogP contribution in [0.4, 0.5) is 19.0 Å². The van der Waals surface area contributed by atoms with Gasteiger partial charge < -0.3 is 10.1 Å². The van der Waals surface area contributed by atoms with Crippen LogP contribution in [0.5, 0.6) is 0 Å². The number of hydrogen-bond acceptors (Lipinski definition) is 4. The van der Waals surface area contributed by atoms with Gasteiger partial charge in [-0.05, 0) is 44.5 Å². The molecule has 2 rings (SSSR count). The number of nitrogens with one attached hydrogen (secondary N) is 1. The first-order chi connectivity index (χ1) is 13.1. The third kappa shape index (κ3) is 5.70. The highest BCUT2D eigenvalue weighted by molar-refractivity contribution is 5.96. The molecule has 1 N–H and O–H groups in total. The number of rotatable bonds is 6. The Morgan fingerprint density at radius 3 is 2.57 bits per heavy atom. The summed E-state index contributed by atoms with van der Waals surface area (Å²) in [7, 11) is 0. The summed E-state index contributed by atoms with van der Waals surface area (Å²) in [5, 5.41) is 6.69. The van der Waals surface area contributed by atoms with Gasteiger partial charge in [0.25, 0.3) is 5.91 Å². The summed E-state index contributed by atoms with van der Waals surface area (Å²) < 4.78 is 44.7. The molecule has 150 valence electrons. The van der Waals surface area contributed by atoms with E-state index in [4.69, 9.17) is 4.74 Å². The fourth-order valence-electron chi connectivity index (χ4n) is 2.30. The molecule has 0 spiro atoms. The van der Waals surface area contributed by atoms with Gasteiger partial charge in [-0.15, -0.1) is 0 Å². The zero-order valence-corrected chi connectivity index (χ0v) is 15.5. The standard InChI is InChI=1S/C19H20F3N3O3/c1-12(2)25-16(9-10-23-25)24-18(27)13(3)28-17(26)8-7-14-5-4-6-15(11-14)19(20,21)22/h4-13H,1-3H3,(H,24,27)/b8-7+/t13-/m1/s1. The molecule has 0 saturated carbocycles. The highest BCUT2D eigenvalue weighted by Crippen LogP contribution is 2.29. The zero-order chi connectivity index (χ0) is 20.9. The molecule has 1 heterocycles. The molecule has 2 aromatic rings. The molecule has 0 aliphatic rings. The molecule has 1 amide bonds. The molecular formula is C19H20F3N3O3. The first kappa shape index (κ1) is 21.2. The minimum atomic E-state index is -4.47. The molecule has 0 radical (unpaired) electrons. The Morgan fingerprint density at radius 2 is 1.93 bits per heavy atom. The second kappa shape index (κ2) is 8.73. The fourth-order valence-corrected chi connectivity index (χ4v) is 2.30. The highest BCUT2D eigenvalue weighted by Gasteiger charge is 2.30. The van der Waals surface area contributed by atoms with Crippen LogP contribution in [0, 0.1) is 0 Å². The molecule has 1 aromatic heterocycles. The summed E-state index contributed by atoms with van der Waals surface area (Å²) in [6, 6.07) is 6.14. The van der Waals surface area contributed by atoms with Crippen molar-refractivity contribution < 1.29 is 27.5 Å². The zero-order valence-electron chi connectivity index (χ0n) is 15.5. The predicted octanol–water partition coefficient (Wildman–Crippen LogP) is 4.07. The van der Waals surface area contributed by atoms with E-state index >= 15 is 0 Å². The lowest BCUT2D eigenvalue weighted by molar-refractivity contribution is -0.148. The van der Waals surface area contributed by atoms with Crippen molar-refractivity contribution in [2.24, 2.45) is 0 Å². The Balaban J connectivity index is 1.96. The van der Waals surface area contributed by atoms with Gasteiger partial charge in [0.2, 0.25) is 0 Å². The minimum Gasteiger partial charge on any atom is -0.449 e. The SMILES string of the molecule is CC(C)n1nccc1NC(=O)[C@@H](C)OC(=O)/C=C/c1cccc(C(F)(F)F)c1. The number of carbonyl (C=O) groups excluding carboxylic acids is 2. The Morgan fingerprint density at radius 1 is 1.21 bits per heavy atom. The lowest BCUT2D eigenvalue weighted by Gasteiger charge is -2.15. The van der Waals surface area contributed by atoms with E-state index in [1.54, 1.807) is 10.7 Å². The van der Waals surface area contributed by atoms with Crippen LogP contribution in [-0.2, 0) is 20.5 Å². The van der Waals surface area contributed by atoms with Gasteiger partial charge in [0.05, 0.1) is 11.8 Å². The summed E-state index contributed by atoms with van der Waals surface area (Å²) in [5.74, 6) is -0.942. The van der Waals surface area contributed by atoms with E-state index in [2.05, 4.69) is 10.4 Å². The van der Waals surface area contributed by atoms with Crippen LogP contribution in [-0.4, -0.2) is 27.8 Å². The monoisotopic (exact) mass is 395 g/mol. The predicted molar refractivity (Wildman–Crippen MR) is 97.3 cm³/mol. The average molecular weight is 395 g/mol. The summed E-state index contributed by atoms with van der Waals surface area (Å²) in [4.78, 5) is 24.0. The van der Waals surface area contributed by atoms with E-state index < -0.39 is 29.7 Å². The van der Waals surface area contributed by atoms with Crippen molar-refractivity contribution in [2.75, 3.05) is 5.32 Å². The second-order valence-electron chi connectivity index (χ2n) is 6.28. The van der Waals surface area contributed by atoms with Crippen LogP contribution < -0.4 is 5.32 Å². The van der Waals surface area contributed by atoms with Crippen LogP contribution in [0.25, 0.3) is 6.08 Å². The lowest BCUT2D eigenvalue weighted by atomic mass is 10.1. The quantitative estimate of drug-likeness (QED) is 0.591. The third-order valence-corrected chi connectivity index (χ3v) is 3.70. The van der Waals surface area contributed by atoms with Crippen LogP contribution in [0.3, 0.4) is 0 Å². The van der Waals surface area contributed by atoms with E-state index in [1.165, 1.54) is 31.3 Å². The molecule has 9 heteroatoms. The first-order valence-corrected chi connectivity index (χ1v) is 8.48. The molecular weight excluding hydrogens is 375 g/mol. The van der Waals surface area contributed by atoms with E-state index in [0.717, 1.165) is 18.2 Å². The van der Waals surface area contributed by atoms with Crippen LogP contribution in [0.2, 0.25) is 0 Å². The van der Waals surface area contributed by atoms with Gasteiger partial charge in [-0.2, -0.15) is 18.3 Å². The van der Waals surface area contributed by atoms with Gasteiger partial charge in [0.1, 0.15) is 5.82 Å². The Hall–Kier alpha value is -3.10. The maximum atomic E-state index is 12.7. The fraction of sp³-hybridized carbons (Fsp3) is 0.316. The van der Waals surface area contributed by atoms with Crippen molar-refractivity contribution in [1.82, 2.24) is 9.78 Å². The van der Waals surface area contributed by atoms with Crippen molar-refractivity contribution in [3.8, 4) is 0 Å². The van der Waals surface area contributed by atoms with Crippen molar-refractivity contribution >= 4 is 23.8 Å². The molecule has 28 heavy (non-hydrogen) atoms. The Bertz CT molecular complexity index is 873. The van der Waals surface area contributed by atoms with Crippen LogP contribution in [0.15, 0.2) is 42.6 Å². The second-order valence-corrected chi connectivity index (χ2v) is 6.28. The number of alkyl halides is 3. The van der Waals surface area contributed by atoms with E-state index in [1.807, 2.05) is 13.8 Å². The van der Waals surface area contributed by atoms with Gasteiger partial charge in [-0.25, -0.2) is 9.48 Å². The number of nitrogens with zero attached hydrogens (tertiary/aromatic N) is 2. The molecule has 0 aliphatic heterocycles. The summed E-state index contributed by atoms with van der Waals surface area (Å²) in [6.45, 7) is 5.18. The van der Waals surface area contributed by atoms with Gasteiger partial charge in [-0.3, -0.25) is 4.79 Å². The third-order valence-electron chi connectivity index (χ3n) is 3.70. The van der Waals surface area contributed by atoms with Gasteiger partial charge in [0, 0.05) is 18.2 Å². The average Bonchev–Trinajstić information content (AvgIpc) is 3.08. The largest absolute Gasteiger partial charge is 0.449 e. The first-order valence-electron chi connectivity index (χ1n) is 8.48. The topological polar surface area (TPSA) is 73.2 Å².